The molecular weight excluding hydrogens is 546 g/mol. The normalized spacial score (nSPS) is 30.0. The molecule has 3 saturated heterocycles. The molecule has 2 bridgehead atoms. The molecular formula is C34H45N3O6. The number of nitrogens with zero attached hydrogens (tertiary/aromatic N) is 1. The molecule has 9 heteroatoms. The third-order valence-corrected chi connectivity index (χ3v) is 9.71. The van der Waals surface area contributed by atoms with Crippen LogP contribution in [0.5, 0.6) is 5.75 Å². The maximum Gasteiger partial charge on any atom is 0.250 e. The fourth-order valence-electron chi connectivity index (χ4n) is 7.68. The second-order valence-electron chi connectivity index (χ2n) is 13.2. The van der Waals surface area contributed by atoms with Crippen molar-refractivity contribution >= 4 is 29.1 Å². The van der Waals surface area contributed by atoms with E-state index < -0.39 is 35.1 Å². The molecule has 43 heavy (non-hydrogen) atoms. The fourth-order valence-corrected chi connectivity index (χ4v) is 7.68. The van der Waals surface area contributed by atoms with E-state index in [4.69, 9.17) is 9.47 Å². The van der Waals surface area contributed by atoms with Gasteiger partial charge >= 0.3 is 0 Å². The van der Waals surface area contributed by atoms with E-state index in [-0.39, 0.29) is 36.2 Å². The Morgan fingerprint density at radius 2 is 1.81 bits per heavy atom. The first-order valence-electron chi connectivity index (χ1n) is 15.4. The molecule has 0 saturated carbocycles. The number of hydrogen-bond donors (Lipinski definition) is 3. The number of aryl methyl sites for hydroxylation is 2. The van der Waals surface area contributed by atoms with Crippen molar-refractivity contribution in [1.29, 1.82) is 0 Å². The minimum Gasteiger partial charge on any atom is -0.494 e. The highest BCUT2D eigenvalue weighted by atomic mass is 16.5. The molecule has 5 rings (SSSR count). The Morgan fingerprint density at radius 1 is 1.12 bits per heavy atom. The van der Waals surface area contributed by atoms with Crippen LogP contribution in [0.2, 0.25) is 0 Å². The lowest BCUT2D eigenvalue weighted by Crippen LogP contribution is -2.56. The predicted octanol–water partition coefficient (Wildman–Crippen LogP) is 4.70. The summed E-state index contributed by atoms with van der Waals surface area (Å²) < 4.78 is 12.4. The lowest BCUT2D eigenvalue weighted by atomic mass is 9.62. The van der Waals surface area contributed by atoms with Gasteiger partial charge in [-0.15, -0.1) is 0 Å². The quantitative estimate of drug-likeness (QED) is 0.369. The Hall–Kier alpha value is -3.43. The number of anilines is 2. The van der Waals surface area contributed by atoms with Crippen LogP contribution in [0.25, 0.3) is 0 Å². The van der Waals surface area contributed by atoms with Gasteiger partial charge in [-0.05, 0) is 93.8 Å². The van der Waals surface area contributed by atoms with Crippen molar-refractivity contribution in [1.82, 2.24) is 4.90 Å². The summed E-state index contributed by atoms with van der Waals surface area (Å²) in [6.07, 6.45) is 0.960. The zero-order valence-corrected chi connectivity index (χ0v) is 26.3. The van der Waals surface area contributed by atoms with Gasteiger partial charge in [0.05, 0.1) is 36.7 Å². The average Bonchev–Trinajstić information content (AvgIpc) is 3.47. The van der Waals surface area contributed by atoms with Gasteiger partial charge in [-0.3, -0.25) is 14.4 Å². The molecule has 0 aliphatic carbocycles. The summed E-state index contributed by atoms with van der Waals surface area (Å²) in [4.78, 5) is 44.5. The number of amides is 3. The van der Waals surface area contributed by atoms with Crippen LogP contribution in [0.4, 0.5) is 11.4 Å². The van der Waals surface area contributed by atoms with Crippen molar-refractivity contribution in [2.24, 2.45) is 23.7 Å². The minimum atomic E-state index is -1.21. The maximum atomic E-state index is 14.5. The van der Waals surface area contributed by atoms with Crippen molar-refractivity contribution in [2.45, 2.75) is 84.6 Å². The Morgan fingerprint density at radius 3 is 2.44 bits per heavy atom. The van der Waals surface area contributed by atoms with Gasteiger partial charge in [-0.2, -0.15) is 0 Å². The number of ether oxygens (including phenoxy) is 2. The van der Waals surface area contributed by atoms with Gasteiger partial charge in [0.1, 0.15) is 17.4 Å². The average molecular weight is 592 g/mol. The predicted molar refractivity (Wildman–Crippen MR) is 165 cm³/mol. The van der Waals surface area contributed by atoms with Crippen molar-refractivity contribution < 1.29 is 29.0 Å². The number of carbonyl (C=O) groups is 3. The Bertz CT molecular complexity index is 1390. The topological polar surface area (TPSA) is 117 Å². The summed E-state index contributed by atoms with van der Waals surface area (Å²) in [6, 6.07) is 11.3. The summed E-state index contributed by atoms with van der Waals surface area (Å²) in [7, 11) is 0. The first kappa shape index (κ1) is 31.0. The Balaban J connectivity index is 1.55. The lowest BCUT2D eigenvalue weighted by Gasteiger charge is -2.37. The smallest absolute Gasteiger partial charge is 0.250 e. The summed E-state index contributed by atoms with van der Waals surface area (Å²) in [6.45, 7) is 14.0. The summed E-state index contributed by atoms with van der Waals surface area (Å²) in [5.41, 5.74) is 0.980. The summed E-state index contributed by atoms with van der Waals surface area (Å²) >= 11 is 0. The zero-order valence-electron chi connectivity index (χ0n) is 26.3. The van der Waals surface area contributed by atoms with E-state index in [9.17, 15) is 19.5 Å². The molecule has 2 aromatic rings. The van der Waals surface area contributed by atoms with E-state index in [0.717, 1.165) is 11.1 Å². The van der Waals surface area contributed by atoms with Crippen LogP contribution >= 0.6 is 0 Å². The second kappa shape index (κ2) is 11.6. The standard InChI is InChI=1S/C34H45N3O6/c1-8-42-25-13-11-23(12-14-25)35-30(39)27-28-32(41)37(24(18-38)15-19(2)3)29(34(28)17-22(6)33(27,7)43-34)31(40)36-26-16-20(4)9-10-21(26)5/h9-14,16,19,22,24,27-29,38H,8,15,17-18H2,1-7H3,(H,35,39)(H,36,40)/t22?,24-,27-,28+,29?,33+,34?/m1/s1. The number of rotatable bonds is 10. The first-order chi connectivity index (χ1) is 20.4. The van der Waals surface area contributed by atoms with Gasteiger partial charge < -0.3 is 30.1 Å². The molecule has 3 unspecified atom stereocenters. The van der Waals surface area contributed by atoms with E-state index in [2.05, 4.69) is 10.6 Å². The number of fused-ring (bicyclic) bond motifs is 1. The van der Waals surface area contributed by atoms with Crippen molar-refractivity contribution in [3.8, 4) is 5.75 Å². The summed E-state index contributed by atoms with van der Waals surface area (Å²) in [5, 5.41) is 16.6. The monoisotopic (exact) mass is 591 g/mol. The van der Waals surface area contributed by atoms with Crippen LogP contribution in [-0.2, 0) is 19.1 Å². The van der Waals surface area contributed by atoms with Crippen molar-refractivity contribution in [2.75, 3.05) is 23.8 Å². The fraction of sp³-hybridized carbons (Fsp3) is 0.559. The second-order valence-corrected chi connectivity index (χ2v) is 13.2. The molecule has 3 amide bonds. The molecule has 3 aliphatic heterocycles. The van der Waals surface area contributed by atoms with Crippen LogP contribution in [0, 0.1) is 37.5 Å². The maximum absolute atomic E-state index is 14.5. The molecule has 232 valence electrons. The molecule has 0 aromatic heterocycles. The number of hydrogen-bond acceptors (Lipinski definition) is 6. The zero-order chi connectivity index (χ0) is 31.3. The molecule has 9 nitrogen and oxygen atoms in total. The number of aliphatic hydroxyl groups excluding tert-OH is 1. The van der Waals surface area contributed by atoms with E-state index in [1.54, 1.807) is 29.2 Å². The number of carbonyl (C=O) groups excluding carboxylic acids is 3. The lowest BCUT2D eigenvalue weighted by molar-refractivity contribution is -0.148. The SMILES string of the molecule is CCOc1ccc(NC(=O)[C@H]2[C@H]3C(=O)N([C@@H](CO)CC(C)C)C(C(=O)Nc4cc(C)ccc4C)C34CC(C)[C@]2(C)O4)cc1. The third-order valence-electron chi connectivity index (χ3n) is 9.71. The van der Waals surface area contributed by atoms with Crippen molar-refractivity contribution in [3.05, 3.63) is 53.6 Å². The molecule has 3 fully saturated rings. The Kier molecular flexibility index (Phi) is 8.35. The van der Waals surface area contributed by atoms with E-state index >= 15 is 0 Å². The van der Waals surface area contributed by atoms with E-state index in [0.29, 0.717) is 36.6 Å². The van der Waals surface area contributed by atoms with Crippen LogP contribution < -0.4 is 15.4 Å². The first-order valence-corrected chi connectivity index (χ1v) is 15.4. The van der Waals surface area contributed by atoms with Gasteiger partial charge in [0.15, 0.2) is 0 Å². The molecule has 2 aromatic carbocycles. The molecule has 1 spiro atoms. The highest BCUT2D eigenvalue weighted by Gasteiger charge is 2.80. The largest absolute Gasteiger partial charge is 0.494 e. The molecule has 7 atom stereocenters. The van der Waals surface area contributed by atoms with E-state index in [1.807, 2.05) is 66.7 Å². The van der Waals surface area contributed by atoms with Crippen LogP contribution in [0.15, 0.2) is 42.5 Å². The number of nitrogens with one attached hydrogen (secondary N) is 2. The highest BCUT2D eigenvalue weighted by Crippen LogP contribution is 2.65. The van der Waals surface area contributed by atoms with Crippen LogP contribution in [0.3, 0.4) is 0 Å². The van der Waals surface area contributed by atoms with E-state index in [1.165, 1.54) is 0 Å². The minimum absolute atomic E-state index is 0.0961. The molecule has 3 N–H and O–H groups in total. The van der Waals surface area contributed by atoms with Crippen LogP contribution in [-0.4, -0.2) is 64.2 Å². The molecule has 3 heterocycles. The Labute approximate surface area is 254 Å². The van der Waals surface area contributed by atoms with Gasteiger partial charge in [0.25, 0.3) is 0 Å². The van der Waals surface area contributed by atoms with Gasteiger partial charge in [-0.1, -0.05) is 32.9 Å². The third kappa shape index (κ3) is 5.20. The van der Waals surface area contributed by atoms with Gasteiger partial charge in [-0.25, -0.2) is 0 Å². The number of aliphatic hydroxyl groups is 1. The molecule has 3 aliphatic rings. The number of benzene rings is 2. The number of likely N-dealkylation sites (tertiary alicyclic amines) is 1. The highest BCUT2D eigenvalue weighted by molar-refractivity contribution is 6.05. The van der Waals surface area contributed by atoms with Gasteiger partial charge in [0.2, 0.25) is 17.7 Å². The van der Waals surface area contributed by atoms with Gasteiger partial charge in [0, 0.05) is 11.4 Å². The summed E-state index contributed by atoms with van der Waals surface area (Å²) in [5.74, 6) is -1.93. The molecule has 0 radical (unpaired) electrons. The van der Waals surface area contributed by atoms with Crippen LogP contribution in [0.1, 0.15) is 58.6 Å². The van der Waals surface area contributed by atoms with Crippen molar-refractivity contribution in [3.63, 3.8) is 0 Å².